The van der Waals surface area contributed by atoms with Crippen LogP contribution in [0, 0.1) is 12.8 Å². The van der Waals surface area contributed by atoms with Gasteiger partial charge in [0.25, 0.3) is 0 Å². The van der Waals surface area contributed by atoms with Gasteiger partial charge in [-0.1, -0.05) is 42.0 Å². The van der Waals surface area contributed by atoms with E-state index < -0.39 is 0 Å². The van der Waals surface area contributed by atoms with E-state index in [-0.39, 0.29) is 0 Å². The first-order valence-corrected chi connectivity index (χ1v) is 8.46. The summed E-state index contributed by atoms with van der Waals surface area (Å²) in [6.07, 6.45) is 4.82. The summed E-state index contributed by atoms with van der Waals surface area (Å²) in [5.74, 6) is 0.785. The Morgan fingerprint density at radius 1 is 1.05 bits per heavy atom. The molecule has 1 nitrogen and oxygen atoms in total. The minimum Gasteiger partial charge on any atom is -0.377 e. The molecule has 2 aromatic rings. The van der Waals surface area contributed by atoms with Gasteiger partial charge in [-0.15, -0.1) is 11.8 Å². The molecule has 1 unspecified atom stereocenters. The predicted octanol–water partition coefficient (Wildman–Crippen LogP) is 5.28. The predicted molar refractivity (Wildman–Crippen MR) is 88.5 cm³/mol. The van der Waals surface area contributed by atoms with E-state index >= 15 is 0 Å². The average Bonchev–Trinajstić information content (AvgIpc) is 3.31. The molecular formula is C18H21NS. The Morgan fingerprint density at radius 2 is 1.75 bits per heavy atom. The summed E-state index contributed by atoms with van der Waals surface area (Å²) in [6, 6.07) is 18.0. The summed E-state index contributed by atoms with van der Waals surface area (Å²) < 4.78 is 0. The molecule has 104 valence electrons. The SMILES string of the molecule is CSc1ccccc1NC(c1ccc(C)cc1)C1CC1. The van der Waals surface area contributed by atoms with E-state index in [1.165, 1.54) is 34.6 Å². The van der Waals surface area contributed by atoms with E-state index in [1.807, 2.05) is 0 Å². The molecule has 0 bridgehead atoms. The van der Waals surface area contributed by atoms with Gasteiger partial charge in [0, 0.05) is 10.6 Å². The highest BCUT2D eigenvalue weighted by atomic mass is 32.2. The van der Waals surface area contributed by atoms with Crippen LogP contribution in [-0.2, 0) is 0 Å². The second-order valence-electron chi connectivity index (χ2n) is 5.57. The maximum absolute atomic E-state index is 3.78. The quantitative estimate of drug-likeness (QED) is 0.749. The summed E-state index contributed by atoms with van der Waals surface area (Å²) >= 11 is 1.80. The zero-order chi connectivity index (χ0) is 13.9. The van der Waals surface area contributed by atoms with Gasteiger partial charge in [-0.3, -0.25) is 0 Å². The fourth-order valence-electron chi connectivity index (χ4n) is 2.61. The number of hydrogen-bond donors (Lipinski definition) is 1. The molecule has 1 aliphatic rings. The van der Waals surface area contributed by atoms with Crippen LogP contribution < -0.4 is 5.32 Å². The van der Waals surface area contributed by atoms with Crippen molar-refractivity contribution in [2.24, 2.45) is 5.92 Å². The van der Waals surface area contributed by atoms with Gasteiger partial charge in [-0.2, -0.15) is 0 Å². The highest BCUT2D eigenvalue weighted by Crippen LogP contribution is 2.43. The molecule has 1 aliphatic carbocycles. The maximum atomic E-state index is 3.78. The van der Waals surface area contributed by atoms with Gasteiger partial charge in [-0.25, -0.2) is 0 Å². The van der Waals surface area contributed by atoms with Crippen LogP contribution in [0.1, 0.15) is 30.0 Å². The maximum Gasteiger partial charge on any atom is 0.0542 e. The van der Waals surface area contributed by atoms with Gasteiger partial charge < -0.3 is 5.32 Å². The molecule has 0 saturated heterocycles. The third-order valence-corrected chi connectivity index (χ3v) is 4.74. The van der Waals surface area contributed by atoms with Gasteiger partial charge in [0.15, 0.2) is 0 Å². The number of para-hydroxylation sites is 1. The number of rotatable bonds is 5. The van der Waals surface area contributed by atoms with E-state index in [0.29, 0.717) is 6.04 Å². The standard InChI is InChI=1S/C18H21NS/c1-13-7-9-14(10-8-13)18(15-11-12-15)19-16-5-3-4-6-17(16)20-2/h3-10,15,18-19H,11-12H2,1-2H3. The van der Waals surface area contributed by atoms with E-state index in [9.17, 15) is 0 Å². The van der Waals surface area contributed by atoms with Crippen LogP contribution in [0.5, 0.6) is 0 Å². The van der Waals surface area contributed by atoms with Crippen molar-refractivity contribution in [3.63, 3.8) is 0 Å². The van der Waals surface area contributed by atoms with Gasteiger partial charge >= 0.3 is 0 Å². The molecule has 0 heterocycles. The molecule has 1 atom stereocenters. The van der Waals surface area contributed by atoms with Crippen LogP contribution in [0.4, 0.5) is 5.69 Å². The van der Waals surface area contributed by atoms with E-state index in [0.717, 1.165) is 5.92 Å². The van der Waals surface area contributed by atoms with Crippen LogP contribution in [0.3, 0.4) is 0 Å². The topological polar surface area (TPSA) is 12.0 Å². The number of anilines is 1. The van der Waals surface area contributed by atoms with Crippen molar-refractivity contribution in [3.8, 4) is 0 Å². The number of benzene rings is 2. The first-order chi connectivity index (χ1) is 9.78. The van der Waals surface area contributed by atoms with E-state index in [1.54, 1.807) is 11.8 Å². The summed E-state index contributed by atoms with van der Waals surface area (Å²) in [4.78, 5) is 1.32. The average molecular weight is 283 g/mol. The lowest BCUT2D eigenvalue weighted by atomic mass is 10.0. The third kappa shape index (κ3) is 3.01. The van der Waals surface area contributed by atoms with Crippen LogP contribution in [0.25, 0.3) is 0 Å². The molecule has 0 radical (unpaired) electrons. The van der Waals surface area contributed by atoms with Crippen molar-refractivity contribution >= 4 is 17.4 Å². The van der Waals surface area contributed by atoms with Gasteiger partial charge in [-0.05, 0) is 49.6 Å². The number of nitrogens with one attached hydrogen (secondary N) is 1. The Kier molecular flexibility index (Phi) is 4.02. The lowest BCUT2D eigenvalue weighted by molar-refractivity contribution is 0.677. The van der Waals surface area contributed by atoms with Crippen LogP contribution in [0.15, 0.2) is 53.4 Å². The largest absolute Gasteiger partial charge is 0.377 e. The van der Waals surface area contributed by atoms with Crippen LogP contribution in [-0.4, -0.2) is 6.26 Å². The summed E-state index contributed by atoms with van der Waals surface area (Å²) in [5.41, 5.74) is 4.00. The van der Waals surface area contributed by atoms with E-state index in [2.05, 4.69) is 67.0 Å². The molecule has 0 aromatic heterocycles. The van der Waals surface area contributed by atoms with Gasteiger partial charge in [0.2, 0.25) is 0 Å². The number of aryl methyl sites for hydroxylation is 1. The zero-order valence-electron chi connectivity index (χ0n) is 12.1. The van der Waals surface area contributed by atoms with Crippen molar-refractivity contribution in [1.29, 1.82) is 0 Å². The van der Waals surface area contributed by atoms with Crippen molar-refractivity contribution in [2.75, 3.05) is 11.6 Å². The van der Waals surface area contributed by atoms with Crippen LogP contribution >= 0.6 is 11.8 Å². The van der Waals surface area contributed by atoms with Crippen molar-refractivity contribution in [3.05, 3.63) is 59.7 Å². The minimum absolute atomic E-state index is 0.448. The number of hydrogen-bond acceptors (Lipinski definition) is 2. The molecular weight excluding hydrogens is 262 g/mol. The Hall–Kier alpha value is -1.41. The summed E-state index contributed by atoms with van der Waals surface area (Å²) in [5, 5.41) is 3.78. The smallest absolute Gasteiger partial charge is 0.0542 e. The fourth-order valence-corrected chi connectivity index (χ4v) is 3.17. The lowest BCUT2D eigenvalue weighted by Crippen LogP contribution is -2.13. The van der Waals surface area contributed by atoms with Gasteiger partial charge in [0.1, 0.15) is 0 Å². The second-order valence-corrected chi connectivity index (χ2v) is 6.42. The molecule has 1 saturated carbocycles. The van der Waals surface area contributed by atoms with Crippen molar-refractivity contribution < 1.29 is 0 Å². The highest BCUT2D eigenvalue weighted by Gasteiger charge is 2.32. The molecule has 1 fully saturated rings. The Bertz CT molecular complexity index is 572. The monoisotopic (exact) mass is 283 g/mol. The molecule has 20 heavy (non-hydrogen) atoms. The zero-order valence-corrected chi connectivity index (χ0v) is 12.9. The lowest BCUT2D eigenvalue weighted by Gasteiger charge is -2.22. The molecule has 3 rings (SSSR count). The molecule has 1 N–H and O–H groups in total. The molecule has 2 heteroatoms. The Morgan fingerprint density at radius 3 is 2.40 bits per heavy atom. The van der Waals surface area contributed by atoms with Gasteiger partial charge in [0.05, 0.1) is 6.04 Å². The van der Waals surface area contributed by atoms with Crippen molar-refractivity contribution in [1.82, 2.24) is 0 Å². The summed E-state index contributed by atoms with van der Waals surface area (Å²) in [7, 11) is 0. The fraction of sp³-hybridized carbons (Fsp3) is 0.333. The highest BCUT2D eigenvalue weighted by molar-refractivity contribution is 7.98. The molecule has 0 aliphatic heterocycles. The normalized spacial score (nSPS) is 15.9. The third-order valence-electron chi connectivity index (χ3n) is 3.95. The summed E-state index contributed by atoms with van der Waals surface area (Å²) in [6.45, 7) is 2.15. The molecule has 2 aromatic carbocycles. The molecule has 0 amide bonds. The van der Waals surface area contributed by atoms with Crippen LogP contribution in [0.2, 0.25) is 0 Å². The minimum atomic E-state index is 0.448. The second kappa shape index (κ2) is 5.92. The Balaban J connectivity index is 1.86. The van der Waals surface area contributed by atoms with Crippen molar-refractivity contribution in [2.45, 2.75) is 30.7 Å². The molecule has 0 spiro atoms. The van der Waals surface area contributed by atoms with E-state index in [4.69, 9.17) is 0 Å². The first kappa shape index (κ1) is 13.6. The number of thioether (sulfide) groups is 1. The Labute approximate surface area is 125 Å². The first-order valence-electron chi connectivity index (χ1n) is 7.24.